The van der Waals surface area contributed by atoms with Gasteiger partial charge in [-0.3, -0.25) is 9.69 Å². The minimum Gasteiger partial charge on any atom is -0.472 e. The molecule has 0 unspecified atom stereocenters. The predicted molar refractivity (Wildman–Crippen MR) is 92.2 cm³/mol. The van der Waals surface area contributed by atoms with E-state index in [4.69, 9.17) is 4.42 Å². The Balaban J connectivity index is 1.41. The molecule has 4 nitrogen and oxygen atoms in total. The number of carbonyl (C=O) groups excluding carboxylic acids is 1. The molecule has 0 radical (unpaired) electrons. The lowest BCUT2D eigenvalue weighted by molar-refractivity contribution is -0.136. The third-order valence-electron chi connectivity index (χ3n) is 5.48. The van der Waals surface area contributed by atoms with Gasteiger partial charge in [-0.25, -0.2) is 0 Å². The highest BCUT2D eigenvalue weighted by Crippen LogP contribution is 2.41. The Morgan fingerprint density at radius 1 is 1.12 bits per heavy atom. The van der Waals surface area contributed by atoms with E-state index in [1.54, 1.807) is 12.5 Å². The number of furan rings is 1. The Hall–Kier alpha value is -2.07. The van der Waals surface area contributed by atoms with E-state index in [1.807, 2.05) is 6.07 Å². The van der Waals surface area contributed by atoms with Crippen LogP contribution in [0.5, 0.6) is 0 Å². The van der Waals surface area contributed by atoms with E-state index in [9.17, 15) is 4.79 Å². The molecule has 2 aliphatic rings. The predicted octanol–water partition coefficient (Wildman–Crippen LogP) is 3.21. The molecule has 4 heteroatoms. The van der Waals surface area contributed by atoms with E-state index in [-0.39, 0.29) is 5.41 Å². The quantitative estimate of drug-likeness (QED) is 0.866. The van der Waals surface area contributed by atoms with E-state index >= 15 is 0 Å². The highest BCUT2D eigenvalue weighted by molar-refractivity contribution is 5.85. The highest BCUT2D eigenvalue weighted by Gasteiger charge is 2.50. The van der Waals surface area contributed by atoms with E-state index in [0.29, 0.717) is 5.91 Å². The SMILES string of the molecule is Cc1cccc(CN2CC[C@]3(CCN(Cc4ccoc4)C3)C2=O)c1. The number of hydrogen-bond donors (Lipinski definition) is 0. The number of carbonyl (C=O) groups is 1. The summed E-state index contributed by atoms with van der Waals surface area (Å²) < 4.78 is 5.15. The van der Waals surface area contributed by atoms with Gasteiger partial charge in [0, 0.05) is 31.7 Å². The van der Waals surface area contributed by atoms with Crippen molar-refractivity contribution in [1.29, 1.82) is 0 Å². The Labute approximate surface area is 143 Å². The van der Waals surface area contributed by atoms with Crippen molar-refractivity contribution in [3.8, 4) is 0 Å². The molecule has 1 aromatic heterocycles. The molecule has 2 fully saturated rings. The number of amides is 1. The summed E-state index contributed by atoms with van der Waals surface area (Å²) in [6.07, 6.45) is 5.48. The van der Waals surface area contributed by atoms with Gasteiger partial charge in [-0.15, -0.1) is 0 Å². The molecule has 1 atom stereocenters. The smallest absolute Gasteiger partial charge is 0.230 e. The molecule has 3 heterocycles. The fourth-order valence-electron chi connectivity index (χ4n) is 4.19. The van der Waals surface area contributed by atoms with Crippen molar-refractivity contribution >= 4 is 5.91 Å². The van der Waals surface area contributed by atoms with E-state index in [1.165, 1.54) is 16.7 Å². The van der Waals surface area contributed by atoms with Crippen molar-refractivity contribution in [1.82, 2.24) is 9.80 Å². The molecule has 1 amide bonds. The summed E-state index contributed by atoms with van der Waals surface area (Å²) >= 11 is 0. The molecule has 1 aromatic carbocycles. The standard InChI is InChI=1S/C20H24N2O2/c1-16-3-2-4-17(11-16)13-22-9-7-20(19(22)23)6-8-21(15-20)12-18-5-10-24-14-18/h2-5,10-11,14H,6-9,12-13,15H2,1H3/t20-/m0/s1. The molecule has 2 aromatic rings. The Bertz CT molecular complexity index is 725. The van der Waals surface area contributed by atoms with Gasteiger partial charge in [-0.1, -0.05) is 29.8 Å². The fourth-order valence-corrected chi connectivity index (χ4v) is 4.19. The number of aryl methyl sites for hydroxylation is 1. The Morgan fingerprint density at radius 3 is 2.79 bits per heavy atom. The third-order valence-corrected chi connectivity index (χ3v) is 5.48. The minimum absolute atomic E-state index is 0.159. The monoisotopic (exact) mass is 324 g/mol. The zero-order chi connectivity index (χ0) is 16.6. The number of likely N-dealkylation sites (tertiary alicyclic amines) is 2. The molecule has 0 bridgehead atoms. The molecule has 4 rings (SSSR count). The molecule has 2 aliphatic heterocycles. The van der Waals surface area contributed by atoms with Crippen molar-refractivity contribution < 1.29 is 9.21 Å². The van der Waals surface area contributed by atoms with Crippen LogP contribution in [0.3, 0.4) is 0 Å². The topological polar surface area (TPSA) is 36.7 Å². The second kappa shape index (κ2) is 6.10. The maximum absolute atomic E-state index is 13.0. The largest absolute Gasteiger partial charge is 0.472 e. The van der Waals surface area contributed by atoms with Gasteiger partial charge < -0.3 is 9.32 Å². The zero-order valence-corrected chi connectivity index (χ0v) is 14.2. The van der Waals surface area contributed by atoms with Crippen LogP contribution in [0.2, 0.25) is 0 Å². The molecule has 0 N–H and O–H groups in total. The Kier molecular flexibility index (Phi) is 3.93. The molecule has 0 saturated carbocycles. The van der Waals surface area contributed by atoms with Crippen LogP contribution in [0.4, 0.5) is 0 Å². The summed E-state index contributed by atoms with van der Waals surface area (Å²) in [7, 11) is 0. The Morgan fingerprint density at radius 2 is 2.00 bits per heavy atom. The first kappa shape index (κ1) is 15.5. The van der Waals surface area contributed by atoms with Crippen molar-refractivity contribution in [3.63, 3.8) is 0 Å². The van der Waals surface area contributed by atoms with Crippen molar-refractivity contribution in [3.05, 3.63) is 59.5 Å². The highest BCUT2D eigenvalue weighted by atomic mass is 16.3. The van der Waals surface area contributed by atoms with Crippen LogP contribution in [-0.2, 0) is 17.9 Å². The molecule has 2 saturated heterocycles. The van der Waals surface area contributed by atoms with Crippen LogP contribution in [-0.4, -0.2) is 35.3 Å². The van der Waals surface area contributed by atoms with Gasteiger partial charge in [0.1, 0.15) is 0 Å². The van der Waals surface area contributed by atoms with Crippen LogP contribution in [0.25, 0.3) is 0 Å². The van der Waals surface area contributed by atoms with Crippen LogP contribution in [0, 0.1) is 12.3 Å². The normalized spacial score (nSPS) is 24.4. The van der Waals surface area contributed by atoms with Crippen molar-refractivity contribution in [2.24, 2.45) is 5.41 Å². The first-order chi connectivity index (χ1) is 11.6. The summed E-state index contributed by atoms with van der Waals surface area (Å²) in [4.78, 5) is 17.5. The fraction of sp³-hybridized carbons (Fsp3) is 0.450. The average molecular weight is 324 g/mol. The zero-order valence-electron chi connectivity index (χ0n) is 14.2. The minimum atomic E-state index is -0.159. The lowest BCUT2D eigenvalue weighted by Gasteiger charge is -2.23. The molecule has 24 heavy (non-hydrogen) atoms. The number of nitrogens with zero attached hydrogens (tertiary/aromatic N) is 2. The molecule has 0 aliphatic carbocycles. The van der Waals surface area contributed by atoms with E-state index < -0.39 is 0 Å². The van der Waals surface area contributed by atoms with Gasteiger partial charge in [0.15, 0.2) is 0 Å². The van der Waals surface area contributed by atoms with E-state index in [0.717, 1.165) is 45.6 Å². The summed E-state index contributed by atoms with van der Waals surface area (Å²) in [5.74, 6) is 0.346. The molecular weight excluding hydrogens is 300 g/mol. The number of benzene rings is 1. The summed E-state index contributed by atoms with van der Waals surface area (Å²) in [6, 6.07) is 10.5. The first-order valence-corrected chi connectivity index (χ1v) is 8.73. The second-order valence-corrected chi connectivity index (χ2v) is 7.34. The van der Waals surface area contributed by atoms with Crippen LogP contribution in [0.15, 0.2) is 47.3 Å². The van der Waals surface area contributed by atoms with Gasteiger partial charge in [0.25, 0.3) is 0 Å². The number of hydrogen-bond acceptors (Lipinski definition) is 3. The second-order valence-electron chi connectivity index (χ2n) is 7.34. The van der Waals surface area contributed by atoms with Crippen LogP contribution < -0.4 is 0 Å². The lowest BCUT2D eigenvalue weighted by atomic mass is 9.85. The van der Waals surface area contributed by atoms with Gasteiger partial charge in [-0.05, 0) is 37.9 Å². The maximum atomic E-state index is 13.0. The van der Waals surface area contributed by atoms with Crippen LogP contribution in [0.1, 0.15) is 29.5 Å². The summed E-state index contributed by atoms with van der Waals surface area (Å²) in [5.41, 5.74) is 3.51. The molecular formula is C20H24N2O2. The van der Waals surface area contributed by atoms with Crippen molar-refractivity contribution in [2.75, 3.05) is 19.6 Å². The summed E-state index contributed by atoms with van der Waals surface area (Å²) in [5, 5.41) is 0. The van der Waals surface area contributed by atoms with Crippen molar-refractivity contribution in [2.45, 2.75) is 32.9 Å². The average Bonchev–Trinajstić information content (AvgIpc) is 3.27. The molecule has 126 valence electrons. The van der Waals surface area contributed by atoms with Gasteiger partial charge in [0.05, 0.1) is 17.9 Å². The van der Waals surface area contributed by atoms with Gasteiger partial charge >= 0.3 is 0 Å². The van der Waals surface area contributed by atoms with Gasteiger partial charge in [-0.2, -0.15) is 0 Å². The molecule has 1 spiro atoms. The maximum Gasteiger partial charge on any atom is 0.230 e. The number of rotatable bonds is 4. The lowest BCUT2D eigenvalue weighted by Crippen LogP contribution is -2.36. The first-order valence-electron chi connectivity index (χ1n) is 8.73. The summed E-state index contributed by atoms with van der Waals surface area (Å²) in [6.45, 7) is 6.47. The van der Waals surface area contributed by atoms with Crippen LogP contribution >= 0.6 is 0 Å². The third kappa shape index (κ3) is 2.86. The van der Waals surface area contributed by atoms with Gasteiger partial charge in [0.2, 0.25) is 5.91 Å². The van der Waals surface area contributed by atoms with E-state index in [2.05, 4.69) is 41.0 Å².